The first-order valence-electron chi connectivity index (χ1n) is 7.35. The van der Waals surface area contributed by atoms with Gasteiger partial charge in [-0.15, -0.1) is 0 Å². The number of nitrogens with one attached hydrogen (secondary N) is 1. The van der Waals surface area contributed by atoms with Gasteiger partial charge in [-0.3, -0.25) is 14.6 Å². The normalized spacial score (nSPS) is 17.3. The van der Waals surface area contributed by atoms with Gasteiger partial charge in [-0.1, -0.05) is 29.8 Å². The van der Waals surface area contributed by atoms with Crippen LogP contribution >= 0.6 is 11.6 Å². The minimum Gasteiger partial charge on any atom is -0.337 e. The number of benzene rings is 1. The maximum absolute atomic E-state index is 12.3. The lowest BCUT2D eigenvalue weighted by atomic mass is 10.1. The SMILES string of the molecule is O=C(Nc1cccnc1)[C@@H]1CC(=O)N(Cc2ccccc2Cl)C1. The Kier molecular flexibility index (Phi) is 4.57. The van der Waals surface area contributed by atoms with E-state index >= 15 is 0 Å². The molecule has 2 amide bonds. The molecular formula is C17H16ClN3O2. The molecule has 0 bridgehead atoms. The van der Waals surface area contributed by atoms with Gasteiger partial charge in [-0.25, -0.2) is 0 Å². The molecule has 2 heterocycles. The Labute approximate surface area is 139 Å². The van der Waals surface area contributed by atoms with Gasteiger partial charge >= 0.3 is 0 Å². The third kappa shape index (κ3) is 3.68. The van der Waals surface area contributed by atoms with Crippen LogP contribution in [-0.4, -0.2) is 28.2 Å². The van der Waals surface area contributed by atoms with Gasteiger partial charge in [-0.05, 0) is 23.8 Å². The number of rotatable bonds is 4. The number of hydrogen-bond donors (Lipinski definition) is 1. The monoisotopic (exact) mass is 329 g/mol. The van der Waals surface area contributed by atoms with Crippen LogP contribution < -0.4 is 5.32 Å². The Hall–Kier alpha value is -2.40. The molecule has 1 aromatic carbocycles. The van der Waals surface area contributed by atoms with Crippen molar-refractivity contribution < 1.29 is 9.59 Å². The van der Waals surface area contributed by atoms with E-state index < -0.39 is 0 Å². The molecule has 1 aliphatic heterocycles. The minimum absolute atomic E-state index is 0.0312. The molecular weight excluding hydrogens is 314 g/mol. The highest BCUT2D eigenvalue weighted by Crippen LogP contribution is 2.24. The molecule has 0 radical (unpaired) electrons. The van der Waals surface area contributed by atoms with Crippen LogP contribution in [0.5, 0.6) is 0 Å². The smallest absolute Gasteiger partial charge is 0.229 e. The summed E-state index contributed by atoms with van der Waals surface area (Å²) in [5.41, 5.74) is 1.52. The molecule has 1 atom stereocenters. The maximum Gasteiger partial charge on any atom is 0.229 e. The quantitative estimate of drug-likeness (QED) is 0.938. The number of pyridine rings is 1. The highest BCUT2D eigenvalue weighted by molar-refractivity contribution is 6.31. The molecule has 118 valence electrons. The first kappa shape index (κ1) is 15.5. The van der Waals surface area contributed by atoms with E-state index in [-0.39, 0.29) is 24.2 Å². The number of likely N-dealkylation sites (tertiary alicyclic amines) is 1. The van der Waals surface area contributed by atoms with Gasteiger partial charge in [0.25, 0.3) is 0 Å². The zero-order valence-corrected chi connectivity index (χ0v) is 13.2. The van der Waals surface area contributed by atoms with Gasteiger partial charge in [0, 0.05) is 30.7 Å². The van der Waals surface area contributed by atoms with E-state index in [1.54, 1.807) is 35.5 Å². The van der Waals surface area contributed by atoms with Crippen LogP contribution in [-0.2, 0) is 16.1 Å². The van der Waals surface area contributed by atoms with Crippen molar-refractivity contribution >= 4 is 29.1 Å². The molecule has 2 aromatic rings. The fourth-order valence-corrected chi connectivity index (χ4v) is 2.81. The second kappa shape index (κ2) is 6.79. The van der Waals surface area contributed by atoms with Crippen molar-refractivity contribution in [3.63, 3.8) is 0 Å². The van der Waals surface area contributed by atoms with Gasteiger partial charge < -0.3 is 10.2 Å². The van der Waals surface area contributed by atoms with Crippen LogP contribution in [0.15, 0.2) is 48.8 Å². The summed E-state index contributed by atoms with van der Waals surface area (Å²) in [5.74, 6) is -0.547. The van der Waals surface area contributed by atoms with Crippen molar-refractivity contribution in [1.29, 1.82) is 0 Å². The summed E-state index contributed by atoms with van der Waals surface area (Å²) in [6.45, 7) is 0.825. The third-order valence-electron chi connectivity index (χ3n) is 3.83. The number of carbonyl (C=O) groups is 2. The Balaban J connectivity index is 1.63. The van der Waals surface area contributed by atoms with Crippen LogP contribution in [0.1, 0.15) is 12.0 Å². The Morgan fingerprint density at radius 3 is 2.87 bits per heavy atom. The van der Waals surface area contributed by atoms with Crippen LogP contribution in [0, 0.1) is 5.92 Å². The average Bonchev–Trinajstić information content (AvgIpc) is 2.92. The average molecular weight is 330 g/mol. The first-order valence-corrected chi connectivity index (χ1v) is 7.73. The van der Waals surface area contributed by atoms with Gasteiger partial charge in [0.15, 0.2) is 0 Å². The minimum atomic E-state index is -0.356. The van der Waals surface area contributed by atoms with Crippen LogP contribution in [0.4, 0.5) is 5.69 Å². The summed E-state index contributed by atoms with van der Waals surface area (Å²) in [6.07, 6.45) is 3.44. The standard InChI is InChI=1S/C17H16ClN3O2/c18-15-6-2-1-4-12(15)10-21-11-13(8-16(21)22)17(23)20-14-5-3-7-19-9-14/h1-7,9,13H,8,10-11H2,(H,20,23)/t13-/m1/s1. The lowest BCUT2D eigenvalue weighted by Crippen LogP contribution is -2.28. The topological polar surface area (TPSA) is 62.3 Å². The van der Waals surface area contributed by atoms with E-state index in [0.717, 1.165) is 5.56 Å². The van der Waals surface area contributed by atoms with Crippen LogP contribution in [0.3, 0.4) is 0 Å². The molecule has 1 fully saturated rings. The fourth-order valence-electron chi connectivity index (χ4n) is 2.61. The molecule has 1 N–H and O–H groups in total. The van der Waals surface area contributed by atoms with Crippen molar-refractivity contribution in [2.75, 3.05) is 11.9 Å². The van der Waals surface area contributed by atoms with Crippen LogP contribution in [0.2, 0.25) is 5.02 Å². The van der Waals surface area contributed by atoms with E-state index in [9.17, 15) is 9.59 Å². The maximum atomic E-state index is 12.3. The fraction of sp³-hybridized carbons (Fsp3) is 0.235. The lowest BCUT2D eigenvalue weighted by molar-refractivity contribution is -0.128. The summed E-state index contributed by atoms with van der Waals surface area (Å²) in [7, 11) is 0. The highest BCUT2D eigenvalue weighted by atomic mass is 35.5. The molecule has 23 heavy (non-hydrogen) atoms. The number of halogens is 1. The molecule has 3 rings (SSSR count). The van der Waals surface area contributed by atoms with E-state index in [4.69, 9.17) is 11.6 Å². The van der Waals surface area contributed by atoms with Gasteiger partial charge in [0.2, 0.25) is 11.8 Å². The number of carbonyl (C=O) groups excluding carboxylic acids is 2. The molecule has 1 aromatic heterocycles. The molecule has 6 heteroatoms. The summed E-state index contributed by atoms with van der Waals surface area (Å²) in [4.78, 5) is 30.1. The predicted octanol–water partition coefficient (Wildman–Crippen LogP) is 2.72. The van der Waals surface area contributed by atoms with Gasteiger partial charge in [0.05, 0.1) is 17.8 Å². The molecule has 0 saturated carbocycles. The second-order valence-corrected chi connectivity index (χ2v) is 5.90. The Bertz CT molecular complexity index is 721. The zero-order chi connectivity index (χ0) is 16.2. The van der Waals surface area contributed by atoms with E-state index in [2.05, 4.69) is 10.3 Å². The van der Waals surface area contributed by atoms with Crippen LogP contribution in [0.25, 0.3) is 0 Å². The Morgan fingerprint density at radius 1 is 1.30 bits per heavy atom. The molecule has 1 aliphatic rings. The largest absolute Gasteiger partial charge is 0.337 e. The highest BCUT2D eigenvalue weighted by Gasteiger charge is 2.34. The van der Waals surface area contributed by atoms with Crippen molar-refractivity contribution in [2.45, 2.75) is 13.0 Å². The molecule has 1 saturated heterocycles. The number of anilines is 1. The lowest BCUT2D eigenvalue weighted by Gasteiger charge is -2.17. The second-order valence-electron chi connectivity index (χ2n) is 5.50. The van der Waals surface area contributed by atoms with E-state index in [0.29, 0.717) is 23.8 Å². The molecule has 5 nitrogen and oxygen atoms in total. The molecule has 0 aliphatic carbocycles. The van der Waals surface area contributed by atoms with E-state index in [1.807, 2.05) is 18.2 Å². The number of amides is 2. The van der Waals surface area contributed by atoms with Crippen molar-refractivity contribution in [1.82, 2.24) is 9.88 Å². The summed E-state index contributed by atoms with van der Waals surface area (Å²) in [5, 5.41) is 3.42. The number of nitrogens with zero attached hydrogens (tertiary/aromatic N) is 2. The summed E-state index contributed by atoms with van der Waals surface area (Å²) >= 11 is 6.13. The van der Waals surface area contributed by atoms with Crippen molar-refractivity contribution in [3.8, 4) is 0 Å². The Morgan fingerprint density at radius 2 is 2.13 bits per heavy atom. The number of aromatic nitrogens is 1. The number of hydrogen-bond acceptors (Lipinski definition) is 3. The van der Waals surface area contributed by atoms with Gasteiger partial charge in [0.1, 0.15) is 0 Å². The van der Waals surface area contributed by atoms with Crippen molar-refractivity contribution in [2.24, 2.45) is 5.92 Å². The summed E-state index contributed by atoms with van der Waals surface area (Å²) in [6, 6.07) is 10.9. The van der Waals surface area contributed by atoms with E-state index in [1.165, 1.54) is 0 Å². The van der Waals surface area contributed by atoms with Crippen molar-refractivity contribution in [3.05, 3.63) is 59.4 Å². The molecule has 0 spiro atoms. The third-order valence-corrected chi connectivity index (χ3v) is 4.20. The zero-order valence-electron chi connectivity index (χ0n) is 12.4. The molecule has 0 unspecified atom stereocenters. The first-order chi connectivity index (χ1) is 11.1. The predicted molar refractivity (Wildman–Crippen MR) is 87.8 cm³/mol. The summed E-state index contributed by atoms with van der Waals surface area (Å²) < 4.78 is 0. The van der Waals surface area contributed by atoms with Gasteiger partial charge in [-0.2, -0.15) is 0 Å².